The highest BCUT2D eigenvalue weighted by Crippen LogP contribution is 2.23. The molecule has 120 valence electrons. The molecule has 1 atom stereocenters. The molecule has 2 aliphatic heterocycles. The van der Waals surface area contributed by atoms with Gasteiger partial charge in [0.2, 0.25) is 0 Å². The monoisotopic (exact) mass is 335 g/mol. The lowest BCUT2D eigenvalue weighted by Gasteiger charge is -2.32. The van der Waals surface area contributed by atoms with E-state index in [9.17, 15) is 8.42 Å². The average Bonchev–Trinajstić information content (AvgIpc) is 3.08. The number of sulfonamides is 1. The number of piperazine rings is 1. The maximum Gasteiger partial charge on any atom is 0.260 e. The van der Waals surface area contributed by atoms with Crippen LogP contribution in [-0.2, 0) is 17.1 Å². The van der Waals surface area contributed by atoms with Gasteiger partial charge in [0.15, 0.2) is 5.03 Å². The second kappa shape index (κ2) is 6.62. The minimum Gasteiger partial charge on any atom is -0.314 e. The van der Waals surface area contributed by atoms with Crippen LogP contribution >= 0.6 is 12.4 Å². The Kier molecular flexibility index (Phi) is 5.26. The molecule has 1 unspecified atom stereocenters. The normalized spacial score (nSPS) is 24.9. The topological polar surface area (TPSA) is 70.5 Å². The number of nitrogens with one attached hydrogen (secondary N) is 1. The Morgan fingerprint density at radius 2 is 2.00 bits per heavy atom. The largest absolute Gasteiger partial charge is 0.314 e. The quantitative estimate of drug-likeness (QED) is 0.807. The second-order valence-electron chi connectivity index (χ2n) is 5.38. The van der Waals surface area contributed by atoms with E-state index in [0.29, 0.717) is 19.1 Å². The van der Waals surface area contributed by atoms with Gasteiger partial charge in [0.1, 0.15) is 0 Å². The van der Waals surface area contributed by atoms with Crippen LogP contribution in [0, 0.1) is 0 Å². The number of aromatic nitrogens is 2. The van der Waals surface area contributed by atoms with Crippen molar-refractivity contribution < 1.29 is 8.42 Å². The molecule has 0 amide bonds. The highest BCUT2D eigenvalue weighted by Gasteiger charge is 2.36. The van der Waals surface area contributed by atoms with E-state index in [2.05, 4.69) is 15.3 Å². The summed E-state index contributed by atoms with van der Waals surface area (Å²) in [5.74, 6) is 0. The molecule has 21 heavy (non-hydrogen) atoms. The minimum absolute atomic E-state index is 0. The molecule has 0 aliphatic carbocycles. The Hall–Kier alpha value is -0.670. The van der Waals surface area contributed by atoms with Crippen molar-refractivity contribution in [1.82, 2.24) is 24.3 Å². The van der Waals surface area contributed by atoms with Crippen LogP contribution in [0.15, 0.2) is 17.3 Å². The Balaban J connectivity index is 0.00000161. The van der Waals surface area contributed by atoms with Gasteiger partial charge < -0.3 is 5.32 Å². The second-order valence-corrected chi connectivity index (χ2v) is 7.27. The first-order valence-electron chi connectivity index (χ1n) is 7.02. The molecule has 1 N–H and O–H groups in total. The number of hydrogen-bond acceptors (Lipinski definition) is 5. The summed E-state index contributed by atoms with van der Waals surface area (Å²) >= 11 is 0. The molecule has 2 aliphatic rings. The number of aryl methyl sites for hydroxylation is 1. The molecule has 1 aromatic rings. The summed E-state index contributed by atoms with van der Waals surface area (Å²) in [6.45, 7) is 5.18. The van der Waals surface area contributed by atoms with Gasteiger partial charge in [-0.15, -0.1) is 12.4 Å². The van der Waals surface area contributed by atoms with Crippen molar-refractivity contribution in [2.75, 3.05) is 39.3 Å². The summed E-state index contributed by atoms with van der Waals surface area (Å²) in [5, 5.41) is 7.56. The van der Waals surface area contributed by atoms with Crippen LogP contribution in [0.2, 0.25) is 0 Å². The van der Waals surface area contributed by atoms with Crippen molar-refractivity contribution in [3.05, 3.63) is 12.3 Å². The molecule has 0 spiro atoms. The number of nitrogens with zero attached hydrogens (tertiary/aromatic N) is 4. The fourth-order valence-corrected chi connectivity index (χ4v) is 4.61. The van der Waals surface area contributed by atoms with Gasteiger partial charge in [-0.3, -0.25) is 9.58 Å². The average molecular weight is 336 g/mol. The molecular formula is C12H22ClN5O2S. The van der Waals surface area contributed by atoms with Gasteiger partial charge in [0, 0.05) is 52.4 Å². The lowest BCUT2D eigenvalue weighted by molar-refractivity contribution is 0.179. The maximum atomic E-state index is 12.6. The first-order valence-corrected chi connectivity index (χ1v) is 8.46. The third-order valence-electron chi connectivity index (χ3n) is 4.17. The SMILES string of the molecule is Cl.Cn1nccc1S(=O)(=O)N1CCC(N2CCNCC2)C1. The maximum absolute atomic E-state index is 12.6. The molecule has 0 saturated carbocycles. The molecule has 2 saturated heterocycles. The first kappa shape index (κ1) is 16.7. The lowest BCUT2D eigenvalue weighted by Crippen LogP contribution is -2.49. The molecule has 1 aromatic heterocycles. The summed E-state index contributed by atoms with van der Waals surface area (Å²) in [6.07, 6.45) is 2.44. The van der Waals surface area contributed by atoms with Crippen LogP contribution in [0.4, 0.5) is 0 Å². The summed E-state index contributed by atoms with van der Waals surface area (Å²) in [6, 6.07) is 1.91. The van der Waals surface area contributed by atoms with Gasteiger partial charge in [-0.05, 0) is 12.5 Å². The van der Waals surface area contributed by atoms with E-state index in [1.165, 1.54) is 10.9 Å². The van der Waals surface area contributed by atoms with Crippen molar-refractivity contribution in [3.8, 4) is 0 Å². The van der Waals surface area contributed by atoms with Gasteiger partial charge in [-0.25, -0.2) is 8.42 Å². The van der Waals surface area contributed by atoms with Crippen LogP contribution in [0.5, 0.6) is 0 Å². The third kappa shape index (κ3) is 3.24. The Morgan fingerprint density at radius 1 is 1.29 bits per heavy atom. The fraction of sp³-hybridized carbons (Fsp3) is 0.750. The van der Waals surface area contributed by atoms with Gasteiger partial charge in [-0.1, -0.05) is 0 Å². The van der Waals surface area contributed by atoms with E-state index >= 15 is 0 Å². The number of halogens is 1. The van der Waals surface area contributed by atoms with E-state index in [4.69, 9.17) is 0 Å². The fourth-order valence-electron chi connectivity index (χ4n) is 3.02. The van der Waals surface area contributed by atoms with Crippen molar-refractivity contribution in [3.63, 3.8) is 0 Å². The van der Waals surface area contributed by atoms with Crippen LogP contribution < -0.4 is 5.32 Å². The van der Waals surface area contributed by atoms with Gasteiger partial charge >= 0.3 is 0 Å². The summed E-state index contributed by atoms with van der Waals surface area (Å²) in [7, 11) is -1.74. The highest BCUT2D eigenvalue weighted by atomic mass is 35.5. The van der Waals surface area contributed by atoms with E-state index < -0.39 is 10.0 Å². The number of hydrogen-bond donors (Lipinski definition) is 1. The van der Waals surface area contributed by atoms with Crippen LogP contribution in [0.25, 0.3) is 0 Å². The zero-order chi connectivity index (χ0) is 14.2. The van der Waals surface area contributed by atoms with Crippen LogP contribution in [-0.4, -0.2) is 72.7 Å². The van der Waals surface area contributed by atoms with E-state index in [1.54, 1.807) is 17.4 Å². The smallest absolute Gasteiger partial charge is 0.260 e. The molecule has 0 bridgehead atoms. The molecule has 9 heteroatoms. The predicted octanol–water partition coefficient (Wildman–Crippen LogP) is -0.490. The van der Waals surface area contributed by atoms with E-state index in [-0.39, 0.29) is 17.4 Å². The molecule has 2 fully saturated rings. The van der Waals surface area contributed by atoms with E-state index in [0.717, 1.165) is 32.6 Å². The highest BCUT2D eigenvalue weighted by molar-refractivity contribution is 7.89. The van der Waals surface area contributed by atoms with Crippen molar-refractivity contribution in [1.29, 1.82) is 0 Å². The summed E-state index contributed by atoms with van der Waals surface area (Å²) < 4.78 is 28.2. The first-order chi connectivity index (χ1) is 9.59. The third-order valence-corrected chi connectivity index (χ3v) is 6.11. The molecular weight excluding hydrogens is 314 g/mol. The minimum atomic E-state index is -3.41. The predicted molar refractivity (Wildman–Crippen MR) is 82.1 cm³/mol. The molecule has 3 rings (SSSR count). The Bertz CT molecular complexity index is 570. The standard InChI is InChI=1S/C12H21N5O2S.ClH/c1-15-12(2-4-14-15)20(18,19)17-7-3-11(10-17)16-8-5-13-6-9-16;/h2,4,11,13H,3,5-10H2,1H3;1H. The number of rotatable bonds is 3. The van der Waals surface area contributed by atoms with Gasteiger partial charge in [0.25, 0.3) is 10.0 Å². The van der Waals surface area contributed by atoms with Crippen molar-refractivity contribution >= 4 is 22.4 Å². The van der Waals surface area contributed by atoms with Crippen LogP contribution in [0.3, 0.4) is 0 Å². The molecule has 0 aromatic carbocycles. The summed E-state index contributed by atoms with van der Waals surface area (Å²) in [4.78, 5) is 2.40. The molecule has 3 heterocycles. The van der Waals surface area contributed by atoms with Crippen molar-refractivity contribution in [2.24, 2.45) is 7.05 Å². The summed E-state index contributed by atoms with van der Waals surface area (Å²) in [5.41, 5.74) is 0. The zero-order valence-corrected chi connectivity index (χ0v) is 13.7. The Morgan fingerprint density at radius 3 is 2.62 bits per heavy atom. The molecule has 7 nitrogen and oxygen atoms in total. The van der Waals surface area contributed by atoms with Gasteiger partial charge in [-0.2, -0.15) is 9.40 Å². The van der Waals surface area contributed by atoms with Gasteiger partial charge in [0.05, 0.1) is 6.20 Å². The molecule has 0 radical (unpaired) electrons. The van der Waals surface area contributed by atoms with Crippen molar-refractivity contribution in [2.45, 2.75) is 17.5 Å². The Labute approximate surface area is 131 Å². The zero-order valence-electron chi connectivity index (χ0n) is 12.1. The van der Waals surface area contributed by atoms with E-state index in [1.807, 2.05) is 0 Å². The lowest BCUT2D eigenvalue weighted by atomic mass is 10.2. The van der Waals surface area contributed by atoms with Crippen LogP contribution in [0.1, 0.15) is 6.42 Å².